The minimum atomic E-state index is -4.33. The van der Waals surface area contributed by atoms with Gasteiger partial charge in [-0.05, 0) is 17.7 Å². The molecule has 0 fully saturated rings. The number of nitrogens with zero attached hydrogens (tertiary/aromatic N) is 1. The highest BCUT2D eigenvalue weighted by Gasteiger charge is 2.28. The van der Waals surface area contributed by atoms with Gasteiger partial charge in [-0.25, -0.2) is 0 Å². The Hall–Kier alpha value is -2.18. The average molecular weight is 301 g/mol. The van der Waals surface area contributed by atoms with Crippen molar-refractivity contribution in [2.75, 3.05) is 20.2 Å². The van der Waals surface area contributed by atoms with Gasteiger partial charge < -0.3 is 15.4 Å². The molecule has 0 radical (unpaired) electrons. The van der Waals surface area contributed by atoms with Gasteiger partial charge in [-0.2, -0.15) is 13.2 Å². The number of guanidine groups is 1. The Bertz CT molecular complexity index is 469. The van der Waals surface area contributed by atoms with Gasteiger partial charge in [0.1, 0.15) is 5.75 Å². The van der Waals surface area contributed by atoms with Gasteiger partial charge in [0.25, 0.3) is 0 Å². The number of nitrogens with one attached hydrogen (secondary N) is 2. The SMILES string of the molecule is C=CCNC(=NC)NCc1ccc(OCC(F)(F)F)cc1. The molecule has 4 nitrogen and oxygen atoms in total. The van der Waals surface area contributed by atoms with Crippen molar-refractivity contribution >= 4 is 5.96 Å². The fraction of sp³-hybridized carbons (Fsp3) is 0.357. The van der Waals surface area contributed by atoms with Gasteiger partial charge in [-0.3, -0.25) is 4.99 Å². The van der Waals surface area contributed by atoms with Crippen LogP contribution in [-0.4, -0.2) is 32.3 Å². The van der Waals surface area contributed by atoms with E-state index < -0.39 is 12.8 Å². The van der Waals surface area contributed by atoms with E-state index >= 15 is 0 Å². The molecule has 0 saturated carbocycles. The van der Waals surface area contributed by atoms with Gasteiger partial charge in [-0.15, -0.1) is 6.58 Å². The zero-order valence-corrected chi connectivity index (χ0v) is 11.7. The molecule has 0 heterocycles. The second kappa shape index (κ2) is 8.18. The smallest absolute Gasteiger partial charge is 0.422 e. The Morgan fingerprint density at radius 1 is 1.29 bits per heavy atom. The minimum absolute atomic E-state index is 0.185. The van der Waals surface area contributed by atoms with E-state index in [4.69, 9.17) is 0 Å². The number of hydrogen-bond donors (Lipinski definition) is 2. The van der Waals surface area contributed by atoms with E-state index in [0.717, 1.165) is 5.56 Å². The van der Waals surface area contributed by atoms with Crippen molar-refractivity contribution in [3.05, 3.63) is 42.5 Å². The standard InChI is InChI=1S/C14H18F3N3O/c1-3-8-19-13(18-2)20-9-11-4-6-12(7-5-11)21-10-14(15,16)17/h3-7H,1,8-10H2,2H3,(H2,18,19,20). The van der Waals surface area contributed by atoms with Crippen molar-refractivity contribution in [1.82, 2.24) is 10.6 Å². The molecule has 21 heavy (non-hydrogen) atoms. The van der Waals surface area contributed by atoms with Crippen LogP contribution < -0.4 is 15.4 Å². The fourth-order valence-electron chi connectivity index (χ4n) is 1.44. The molecule has 7 heteroatoms. The number of alkyl halides is 3. The minimum Gasteiger partial charge on any atom is -0.484 e. The summed E-state index contributed by atoms with van der Waals surface area (Å²) in [7, 11) is 1.65. The molecule has 116 valence electrons. The average Bonchev–Trinajstić information content (AvgIpc) is 2.46. The maximum absolute atomic E-state index is 12.0. The van der Waals surface area contributed by atoms with Crippen LogP contribution in [0, 0.1) is 0 Å². The normalized spacial score (nSPS) is 11.9. The largest absolute Gasteiger partial charge is 0.484 e. The van der Waals surface area contributed by atoms with Crippen molar-refractivity contribution in [2.45, 2.75) is 12.7 Å². The maximum atomic E-state index is 12.0. The Kier molecular flexibility index (Phi) is 6.58. The van der Waals surface area contributed by atoms with E-state index in [-0.39, 0.29) is 5.75 Å². The maximum Gasteiger partial charge on any atom is 0.422 e. The first kappa shape index (κ1) is 16.9. The molecular weight excluding hydrogens is 283 g/mol. The van der Waals surface area contributed by atoms with E-state index in [1.54, 1.807) is 25.3 Å². The molecule has 0 aliphatic carbocycles. The highest BCUT2D eigenvalue weighted by molar-refractivity contribution is 5.79. The number of rotatable bonds is 6. The first-order chi connectivity index (χ1) is 9.94. The monoisotopic (exact) mass is 301 g/mol. The van der Waals surface area contributed by atoms with Gasteiger partial charge in [0.2, 0.25) is 0 Å². The topological polar surface area (TPSA) is 45.7 Å². The van der Waals surface area contributed by atoms with Gasteiger partial charge >= 0.3 is 6.18 Å². The molecule has 0 atom stereocenters. The molecule has 2 N–H and O–H groups in total. The number of hydrogen-bond acceptors (Lipinski definition) is 2. The summed E-state index contributed by atoms with van der Waals surface area (Å²) in [6.45, 7) is 3.38. The molecule has 1 rings (SSSR count). The lowest BCUT2D eigenvalue weighted by Crippen LogP contribution is -2.36. The van der Waals surface area contributed by atoms with Crippen molar-refractivity contribution < 1.29 is 17.9 Å². The Labute approximate surface area is 121 Å². The van der Waals surface area contributed by atoms with Crippen LogP contribution in [0.15, 0.2) is 41.9 Å². The third-order valence-electron chi connectivity index (χ3n) is 2.42. The summed E-state index contributed by atoms with van der Waals surface area (Å²) in [5, 5.41) is 6.08. The first-order valence-electron chi connectivity index (χ1n) is 6.28. The summed E-state index contributed by atoms with van der Waals surface area (Å²) in [5.74, 6) is 0.803. The molecule has 0 saturated heterocycles. The van der Waals surface area contributed by atoms with E-state index in [1.807, 2.05) is 0 Å². The highest BCUT2D eigenvalue weighted by atomic mass is 19.4. The molecule has 1 aromatic rings. The van der Waals surface area contributed by atoms with E-state index in [1.165, 1.54) is 12.1 Å². The Morgan fingerprint density at radius 2 is 1.95 bits per heavy atom. The lowest BCUT2D eigenvalue weighted by atomic mass is 10.2. The predicted octanol–water partition coefficient (Wildman–Crippen LogP) is 2.48. The van der Waals surface area contributed by atoms with E-state index in [0.29, 0.717) is 19.0 Å². The zero-order chi connectivity index (χ0) is 15.7. The molecule has 0 spiro atoms. The second-order valence-corrected chi connectivity index (χ2v) is 4.14. The first-order valence-corrected chi connectivity index (χ1v) is 6.28. The van der Waals surface area contributed by atoms with Gasteiger partial charge in [0.05, 0.1) is 0 Å². The fourth-order valence-corrected chi connectivity index (χ4v) is 1.44. The number of halogens is 3. The van der Waals surface area contributed by atoms with Crippen LogP contribution >= 0.6 is 0 Å². The lowest BCUT2D eigenvalue weighted by Gasteiger charge is -2.12. The van der Waals surface area contributed by atoms with Crippen LogP contribution in [0.5, 0.6) is 5.75 Å². The summed E-state index contributed by atoms with van der Waals surface area (Å²) in [5.41, 5.74) is 0.899. The van der Waals surface area contributed by atoms with Crippen LogP contribution in [0.3, 0.4) is 0 Å². The van der Waals surface area contributed by atoms with E-state index in [2.05, 4.69) is 26.9 Å². The van der Waals surface area contributed by atoms with E-state index in [9.17, 15) is 13.2 Å². The van der Waals surface area contributed by atoms with Crippen LogP contribution in [-0.2, 0) is 6.54 Å². The predicted molar refractivity (Wildman–Crippen MR) is 76.4 cm³/mol. The Morgan fingerprint density at radius 3 is 2.48 bits per heavy atom. The van der Waals surface area contributed by atoms with Gasteiger partial charge in [0, 0.05) is 20.1 Å². The molecule has 0 aromatic heterocycles. The molecule has 0 bridgehead atoms. The highest BCUT2D eigenvalue weighted by Crippen LogP contribution is 2.18. The third-order valence-corrected chi connectivity index (χ3v) is 2.42. The van der Waals surface area contributed by atoms with Crippen LogP contribution in [0.4, 0.5) is 13.2 Å². The molecule has 1 aromatic carbocycles. The summed E-state index contributed by atoms with van der Waals surface area (Å²) >= 11 is 0. The van der Waals surface area contributed by atoms with Gasteiger partial charge in [-0.1, -0.05) is 18.2 Å². The summed E-state index contributed by atoms with van der Waals surface area (Å²) in [4.78, 5) is 4.01. The van der Waals surface area contributed by atoms with Crippen molar-refractivity contribution in [2.24, 2.45) is 4.99 Å². The quantitative estimate of drug-likeness (QED) is 0.482. The molecule has 0 aliphatic heterocycles. The van der Waals surface area contributed by atoms with Crippen molar-refractivity contribution in [3.8, 4) is 5.75 Å². The number of benzene rings is 1. The van der Waals surface area contributed by atoms with Crippen LogP contribution in [0.2, 0.25) is 0 Å². The molecule has 0 aliphatic rings. The van der Waals surface area contributed by atoms with Crippen molar-refractivity contribution in [1.29, 1.82) is 0 Å². The summed E-state index contributed by atoms with van der Waals surface area (Å²) in [6, 6.07) is 6.39. The summed E-state index contributed by atoms with van der Waals surface area (Å²) in [6.07, 6.45) is -2.62. The zero-order valence-electron chi connectivity index (χ0n) is 11.7. The molecule has 0 unspecified atom stereocenters. The number of ether oxygens (including phenoxy) is 1. The molecule has 0 amide bonds. The van der Waals surface area contributed by atoms with Crippen LogP contribution in [0.1, 0.15) is 5.56 Å². The number of aliphatic imine (C=N–C) groups is 1. The van der Waals surface area contributed by atoms with Gasteiger partial charge in [0.15, 0.2) is 12.6 Å². The molecular formula is C14H18F3N3O. The third kappa shape index (κ3) is 7.24. The summed E-state index contributed by atoms with van der Waals surface area (Å²) < 4.78 is 40.7. The Balaban J connectivity index is 2.45. The lowest BCUT2D eigenvalue weighted by molar-refractivity contribution is -0.153. The van der Waals surface area contributed by atoms with Crippen LogP contribution in [0.25, 0.3) is 0 Å². The van der Waals surface area contributed by atoms with Crippen molar-refractivity contribution in [3.63, 3.8) is 0 Å². The second-order valence-electron chi connectivity index (χ2n) is 4.14.